The van der Waals surface area contributed by atoms with Gasteiger partial charge in [-0.15, -0.1) is 0 Å². The largest absolute Gasteiger partial charge is 0.497 e. The van der Waals surface area contributed by atoms with Crippen LogP contribution in [0, 0.1) is 5.82 Å². The number of hydrogen-bond acceptors (Lipinski definition) is 3. The molecule has 1 aromatic rings. The Hall–Kier alpha value is -1.13. The number of halogens is 1. The van der Waals surface area contributed by atoms with Crippen molar-refractivity contribution in [3.05, 3.63) is 29.6 Å². The Morgan fingerprint density at radius 3 is 2.76 bits per heavy atom. The van der Waals surface area contributed by atoms with Crippen molar-refractivity contribution in [2.24, 2.45) is 0 Å². The Bertz CT molecular complexity index is 480. The zero-order valence-electron chi connectivity index (χ0n) is 13.6. The molecule has 1 heterocycles. The Morgan fingerprint density at radius 2 is 2.19 bits per heavy atom. The molecule has 118 valence electrons. The highest BCUT2D eigenvalue weighted by Gasteiger charge is 2.36. The molecule has 1 aliphatic heterocycles. The number of nitrogens with zero attached hydrogens (tertiary/aromatic N) is 1. The van der Waals surface area contributed by atoms with Gasteiger partial charge in [0.2, 0.25) is 0 Å². The normalized spacial score (nSPS) is 26.8. The molecular weight excluding hydrogens is 267 g/mol. The second-order valence-corrected chi connectivity index (χ2v) is 6.17. The molecule has 0 saturated carbocycles. The van der Waals surface area contributed by atoms with Gasteiger partial charge >= 0.3 is 0 Å². The number of methoxy groups -OCH3 is 1. The van der Waals surface area contributed by atoms with Crippen molar-refractivity contribution in [1.29, 1.82) is 0 Å². The van der Waals surface area contributed by atoms with E-state index in [1.54, 1.807) is 7.11 Å². The molecule has 0 amide bonds. The van der Waals surface area contributed by atoms with E-state index in [2.05, 4.69) is 31.0 Å². The first-order valence-electron chi connectivity index (χ1n) is 7.83. The van der Waals surface area contributed by atoms with Gasteiger partial charge in [0.25, 0.3) is 0 Å². The first-order valence-corrected chi connectivity index (χ1v) is 7.83. The monoisotopic (exact) mass is 294 g/mol. The number of piperazine rings is 1. The first kappa shape index (κ1) is 16.2. The van der Waals surface area contributed by atoms with E-state index in [0.717, 1.165) is 31.5 Å². The van der Waals surface area contributed by atoms with Crippen LogP contribution in [0.5, 0.6) is 5.75 Å². The van der Waals surface area contributed by atoms with Crippen molar-refractivity contribution in [3.8, 4) is 5.75 Å². The average molecular weight is 294 g/mol. The second-order valence-electron chi connectivity index (χ2n) is 6.17. The van der Waals surface area contributed by atoms with Gasteiger partial charge in [-0.05, 0) is 25.8 Å². The number of nitrogens with one attached hydrogen (secondary N) is 1. The fraction of sp³-hybridized carbons (Fsp3) is 0.647. The molecule has 1 fully saturated rings. The summed E-state index contributed by atoms with van der Waals surface area (Å²) in [5.41, 5.74) is 0.824. The number of hydrogen-bond donors (Lipinski definition) is 1. The van der Waals surface area contributed by atoms with E-state index in [0.29, 0.717) is 18.3 Å². The smallest absolute Gasteiger partial charge is 0.131 e. The minimum Gasteiger partial charge on any atom is -0.497 e. The predicted molar refractivity (Wildman–Crippen MR) is 84.1 cm³/mol. The molecule has 3 nitrogen and oxygen atoms in total. The van der Waals surface area contributed by atoms with E-state index >= 15 is 0 Å². The van der Waals surface area contributed by atoms with Crippen LogP contribution in [-0.4, -0.2) is 36.7 Å². The van der Waals surface area contributed by atoms with Crippen LogP contribution in [0.3, 0.4) is 0 Å². The molecule has 2 atom stereocenters. The van der Waals surface area contributed by atoms with Crippen molar-refractivity contribution in [2.75, 3.05) is 20.2 Å². The average Bonchev–Trinajstić information content (AvgIpc) is 2.51. The van der Waals surface area contributed by atoms with Crippen LogP contribution in [0.25, 0.3) is 0 Å². The molecule has 4 heteroatoms. The van der Waals surface area contributed by atoms with Crippen molar-refractivity contribution < 1.29 is 9.13 Å². The molecule has 21 heavy (non-hydrogen) atoms. The van der Waals surface area contributed by atoms with Crippen molar-refractivity contribution in [3.63, 3.8) is 0 Å². The fourth-order valence-electron chi connectivity index (χ4n) is 2.89. The summed E-state index contributed by atoms with van der Waals surface area (Å²) in [5.74, 6) is 0.389. The first-order chi connectivity index (χ1) is 10.0. The van der Waals surface area contributed by atoms with E-state index in [9.17, 15) is 4.39 Å². The summed E-state index contributed by atoms with van der Waals surface area (Å²) in [7, 11) is 1.56. The quantitative estimate of drug-likeness (QED) is 0.902. The maximum atomic E-state index is 14.2. The van der Waals surface area contributed by atoms with Crippen LogP contribution >= 0.6 is 0 Å². The van der Waals surface area contributed by atoms with Crippen molar-refractivity contribution in [1.82, 2.24) is 10.2 Å². The van der Waals surface area contributed by atoms with Crippen molar-refractivity contribution in [2.45, 2.75) is 51.7 Å². The minimum absolute atomic E-state index is 0.0814. The van der Waals surface area contributed by atoms with E-state index in [4.69, 9.17) is 4.74 Å². The van der Waals surface area contributed by atoms with Gasteiger partial charge in [-0.25, -0.2) is 4.39 Å². The van der Waals surface area contributed by atoms with Crippen LogP contribution in [0.2, 0.25) is 0 Å². The number of rotatable bonds is 5. The van der Waals surface area contributed by atoms with Crippen LogP contribution in [-0.2, 0) is 6.54 Å². The lowest BCUT2D eigenvalue weighted by Crippen LogP contribution is -2.62. The summed E-state index contributed by atoms with van der Waals surface area (Å²) < 4.78 is 19.3. The van der Waals surface area contributed by atoms with Gasteiger partial charge in [-0.1, -0.05) is 19.9 Å². The summed E-state index contributed by atoms with van der Waals surface area (Å²) >= 11 is 0. The molecule has 2 unspecified atom stereocenters. The van der Waals surface area contributed by atoms with E-state index in [-0.39, 0.29) is 11.4 Å². The standard InChI is InChI=1S/C17H27FN2O/c1-5-14-11-20(17(3,6-2)12-19-14)10-13-7-8-15(21-4)9-16(13)18/h7-9,14,19H,5-6,10-12H2,1-4H3. The van der Waals surface area contributed by atoms with E-state index in [1.807, 2.05) is 12.1 Å². The highest BCUT2D eigenvalue weighted by Crippen LogP contribution is 2.27. The fourth-order valence-corrected chi connectivity index (χ4v) is 2.89. The lowest BCUT2D eigenvalue weighted by molar-refractivity contribution is 0.0399. The third-order valence-corrected chi connectivity index (χ3v) is 4.85. The molecule has 0 spiro atoms. The third kappa shape index (κ3) is 3.55. The van der Waals surface area contributed by atoms with Gasteiger partial charge < -0.3 is 10.1 Å². The number of benzene rings is 1. The third-order valence-electron chi connectivity index (χ3n) is 4.85. The molecule has 1 aromatic carbocycles. The minimum atomic E-state index is -0.181. The molecule has 0 aromatic heterocycles. The van der Waals surface area contributed by atoms with Crippen LogP contribution in [0.4, 0.5) is 4.39 Å². The SMILES string of the molecule is CCC1CN(Cc2ccc(OC)cc2F)C(C)(CC)CN1. The molecule has 1 N–H and O–H groups in total. The molecule has 1 aliphatic rings. The topological polar surface area (TPSA) is 24.5 Å². The molecule has 2 rings (SSSR count). The van der Waals surface area contributed by atoms with Gasteiger partial charge in [-0.3, -0.25) is 4.90 Å². The maximum absolute atomic E-state index is 14.2. The van der Waals surface area contributed by atoms with Gasteiger partial charge in [0, 0.05) is 42.8 Å². The molecular formula is C17H27FN2O. The summed E-state index contributed by atoms with van der Waals surface area (Å²) in [6, 6.07) is 5.64. The summed E-state index contributed by atoms with van der Waals surface area (Å²) in [5, 5.41) is 3.60. The molecule has 0 radical (unpaired) electrons. The predicted octanol–water partition coefficient (Wildman–Crippen LogP) is 3.19. The second kappa shape index (κ2) is 6.75. The van der Waals surface area contributed by atoms with Crippen LogP contribution < -0.4 is 10.1 Å². The van der Waals surface area contributed by atoms with Gasteiger partial charge in [0.15, 0.2) is 0 Å². The van der Waals surface area contributed by atoms with Gasteiger partial charge in [0.1, 0.15) is 11.6 Å². The maximum Gasteiger partial charge on any atom is 0.131 e. The Morgan fingerprint density at radius 1 is 1.43 bits per heavy atom. The molecule has 1 saturated heterocycles. The zero-order valence-corrected chi connectivity index (χ0v) is 13.6. The van der Waals surface area contributed by atoms with E-state index < -0.39 is 0 Å². The van der Waals surface area contributed by atoms with E-state index in [1.165, 1.54) is 6.07 Å². The highest BCUT2D eigenvalue weighted by molar-refractivity contribution is 5.29. The summed E-state index contributed by atoms with van der Waals surface area (Å²) in [6.07, 6.45) is 2.15. The molecule has 0 aliphatic carbocycles. The zero-order chi connectivity index (χ0) is 15.5. The highest BCUT2D eigenvalue weighted by atomic mass is 19.1. The summed E-state index contributed by atoms with van der Waals surface area (Å²) in [6.45, 7) is 9.22. The Kier molecular flexibility index (Phi) is 5.22. The van der Waals surface area contributed by atoms with Crippen LogP contribution in [0.15, 0.2) is 18.2 Å². The Balaban J connectivity index is 2.18. The molecule has 0 bridgehead atoms. The van der Waals surface area contributed by atoms with Crippen LogP contribution in [0.1, 0.15) is 39.2 Å². The Labute approximate surface area is 127 Å². The van der Waals surface area contributed by atoms with Gasteiger partial charge in [-0.2, -0.15) is 0 Å². The van der Waals surface area contributed by atoms with Crippen molar-refractivity contribution >= 4 is 0 Å². The lowest BCUT2D eigenvalue weighted by Gasteiger charge is -2.48. The number of ether oxygens (including phenoxy) is 1. The van der Waals surface area contributed by atoms with Gasteiger partial charge in [0.05, 0.1) is 7.11 Å². The summed E-state index contributed by atoms with van der Waals surface area (Å²) in [4.78, 5) is 2.42. The lowest BCUT2D eigenvalue weighted by atomic mass is 9.91.